The standard InChI is InChI=1S/C12H14BrN3O5/c1-21-9-3-2-6(4-7(9)13)15-12(20)16-8(11(18)19)5-10(14)17/h2-4,8H,5H2,1H3,(H2,14,17)(H,18,19)(H2,15,16,20). The van der Waals surface area contributed by atoms with Gasteiger partial charge in [0.25, 0.3) is 0 Å². The van der Waals surface area contributed by atoms with Gasteiger partial charge in [-0.3, -0.25) is 4.79 Å². The number of amides is 3. The molecule has 5 N–H and O–H groups in total. The van der Waals surface area contributed by atoms with Gasteiger partial charge in [-0.2, -0.15) is 0 Å². The maximum Gasteiger partial charge on any atom is 0.326 e. The monoisotopic (exact) mass is 359 g/mol. The lowest BCUT2D eigenvalue weighted by Gasteiger charge is -2.14. The minimum atomic E-state index is -1.39. The Bertz CT molecular complexity index is 564. The van der Waals surface area contributed by atoms with Crippen molar-refractivity contribution < 1.29 is 24.2 Å². The van der Waals surface area contributed by atoms with Crippen LogP contribution in [0.5, 0.6) is 5.75 Å². The Hall–Kier alpha value is -2.29. The SMILES string of the molecule is COc1ccc(NC(=O)NC(CC(N)=O)C(=O)O)cc1Br. The Balaban J connectivity index is 2.69. The van der Waals surface area contributed by atoms with Crippen LogP contribution in [-0.4, -0.2) is 36.2 Å². The molecule has 0 saturated carbocycles. The number of urea groups is 1. The number of nitrogens with two attached hydrogens (primary N) is 1. The van der Waals surface area contributed by atoms with Crippen LogP contribution < -0.4 is 21.1 Å². The van der Waals surface area contributed by atoms with E-state index in [9.17, 15) is 14.4 Å². The topological polar surface area (TPSA) is 131 Å². The van der Waals surface area contributed by atoms with Crippen LogP contribution in [0, 0.1) is 0 Å². The number of hydrogen-bond acceptors (Lipinski definition) is 4. The summed E-state index contributed by atoms with van der Waals surface area (Å²) in [7, 11) is 1.50. The summed E-state index contributed by atoms with van der Waals surface area (Å²) in [5.41, 5.74) is 5.34. The molecule has 8 nitrogen and oxygen atoms in total. The van der Waals surface area contributed by atoms with Gasteiger partial charge >= 0.3 is 12.0 Å². The number of rotatable bonds is 6. The maximum absolute atomic E-state index is 11.7. The van der Waals surface area contributed by atoms with Gasteiger partial charge in [0.1, 0.15) is 11.8 Å². The number of hydrogen-bond donors (Lipinski definition) is 4. The first-order chi connectivity index (χ1) is 9.83. The summed E-state index contributed by atoms with van der Waals surface area (Å²) in [6.07, 6.45) is -0.491. The largest absolute Gasteiger partial charge is 0.496 e. The molecule has 0 fully saturated rings. The zero-order chi connectivity index (χ0) is 16.0. The number of halogens is 1. The Morgan fingerprint density at radius 2 is 2.10 bits per heavy atom. The summed E-state index contributed by atoms with van der Waals surface area (Å²) in [6.45, 7) is 0. The molecule has 3 amide bonds. The van der Waals surface area contributed by atoms with E-state index in [1.165, 1.54) is 7.11 Å². The molecule has 0 saturated heterocycles. The summed E-state index contributed by atoms with van der Waals surface area (Å²) in [5, 5.41) is 13.5. The molecule has 1 rings (SSSR count). The second kappa shape index (κ2) is 7.48. The van der Waals surface area contributed by atoms with Crippen LogP contribution >= 0.6 is 15.9 Å². The molecule has 9 heteroatoms. The zero-order valence-electron chi connectivity index (χ0n) is 11.1. The van der Waals surface area contributed by atoms with Gasteiger partial charge in [-0.25, -0.2) is 9.59 Å². The van der Waals surface area contributed by atoms with Gasteiger partial charge in [0, 0.05) is 5.69 Å². The van der Waals surface area contributed by atoms with Gasteiger partial charge in [0.2, 0.25) is 5.91 Å². The fourth-order valence-corrected chi connectivity index (χ4v) is 2.01. The molecule has 0 aromatic heterocycles. The minimum Gasteiger partial charge on any atom is -0.496 e. The van der Waals surface area contributed by atoms with E-state index in [0.29, 0.717) is 15.9 Å². The second-order valence-corrected chi connectivity index (χ2v) is 4.86. The Kier molecular flexibility index (Phi) is 5.97. The summed E-state index contributed by atoms with van der Waals surface area (Å²) < 4.78 is 5.66. The van der Waals surface area contributed by atoms with Crippen molar-refractivity contribution in [2.75, 3.05) is 12.4 Å². The number of methoxy groups -OCH3 is 1. The molecule has 0 aliphatic heterocycles. The van der Waals surface area contributed by atoms with Crippen LogP contribution in [-0.2, 0) is 9.59 Å². The average Bonchev–Trinajstić information content (AvgIpc) is 2.37. The number of anilines is 1. The predicted octanol–water partition coefficient (Wildman–Crippen LogP) is 0.908. The van der Waals surface area contributed by atoms with Gasteiger partial charge in [0.15, 0.2) is 0 Å². The van der Waals surface area contributed by atoms with Crippen LogP contribution in [0.2, 0.25) is 0 Å². The van der Waals surface area contributed by atoms with Crippen molar-refractivity contribution in [3.63, 3.8) is 0 Å². The Morgan fingerprint density at radius 1 is 1.43 bits per heavy atom. The molecule has 0 aliphatic carbocycles. The molecule has 1 unspecified atom stereocenters. The number of ether oxygens (including phenoxy) is 1. The van der Waals surface area contributed by atoms with Crippen LogP contribution in [0.1, 0.15) is 6.42 Å². The van der Waals surface area contributed by atoms with Crippen LogP contribution in [0.4, 0.5) is 10.5 Å². The molecule has 114 valence electrons. The third-order valence-corrected chi connectivity index (χ3v) is 3.04. The second-order valence-electron chi connectivity index (χ2n) is 4.01. The molecule has 1 atom stereocenters. The first kappa shape index (κ1) is 16.8. The number of carbonyl (C=O) groups is 3. The number of aliphatic carboxylic acids is 1. The third-order valence-electron chi connectivity index (χ3n) is 2.42. The highest BCUT2D eigenvalue weighted by atomic mass is 79.9. The molecule has 0 radical (unpaired) electrons. The van der Waals surface area contributed by atoms with Crippen molar-refractivity contribution in [3.05, 3.63) is 22.7 Å². The van der Waals surface area contributed by atoms with Crippen LogP contribution in [0.25, 0.3) is 0 Å². The summed E-state index contributed by atoms with van der Waals surface area (Å²) in [6, 6.07) is 2.64. The van der Waals surface area contributed by atoms with Crippen LogP contribution in [0.3, 0.4) is 0 Å². The van der Waals surface area contributed by atoms with Gasteiger partial charge in [-0.05, 0) is 34.1 Å². The van der Waals surface area contributed by atoms with Gasteiger partial charge in [0.05, 0.1) is 18.0 Å². The Morgan fingerprint density at radius 3 is 2.57 bits per heavy atom. The fraction of sp³-hybridized carbons (Fsp3) is 0.250. The first-order valence-corrected chi connectivity index (χ1v) is 6.55. The van der Waals surface area contributed by atoms with E-state index in [0.717, 1.165) is 0 Å². The summed E-state index contributed by atoms with van der Waals surface area (Å²) in [4.78, 5) is 33.3. The Labute approximate surface area is 128 Å². The van der Waals surface area contributed by atoms with E-state index in [1.54, 1.807) is 18.2 Å². The number of nitrogens with one attached hydrogen (secondary N) is 2. The molecule has 0 spiro atoms. The summed E-state index contributed by atoms with van der Waals surface area (Å²) in [5.74, 6) is -1.59. The first-order valence-electron chi connectivity index (χ1n) is 5.75. The average molecular weight is 360 g/mol. The number of benzene rings is 1. The van der Waals surface area contributed by atoms with E-state index >= 15 is 0 Å². The number of primary amides is 1. The minimum absolute atomic E-state index is 0.420. The van der Waals surface area contributed by atoms with Crippen molar-refractivity contribution in [1.29, 1.82) is 0 Å². The van der Waals surface area contributed by atoms with Crippen LogP contribution in [0.15, 0.2) is 22.7 Å². The van der Waals surface area contributed by atoms with Gasteiger partial charge < -0.3 is 26.2 Å². The fourth-order valence-electron chi connectivity index (χ4n) is 1.47. The van der Waals surface area contributed by atoms with Gasteiger partial charge in [-0.1, -0.05) is 0 Å². The highest BCUT2D eigenvalue weighted by Crippen LogP contribution is 2.27. The van der Waals surface area contributed by atoms with E-state index in [1.807, 2.05) is 0 Å². The number of carboxylic acid groups (broad SMARTS) is 1. The smallest absolute Gasteiger partial charge is 0.326 e. The normalized spacial score (nSPS) is 11.3. The predicted molar refractivity (Wildman–Crippen MR) is 78.1 cm³/mol. The lowest BCUT2D eigenvalue weighted by atomic mass is 10.2. The molecular weight excluding hydrogens is 346 g/mol. The van der Waals surface area contributed by atoms with E-state index < -0.39 is 30.4 Å². The zero-order valence-corrected chi connectivity index (χ0v) is 12.6. The molecule has 21 heavy (non-hydrogen) atoms. The van der Waals surface area contributed by atoms with E-state index in [4.69, 9.17) is 15.6 Å². The molecule has 0 aliphatic rings. The van der Waals surface area contributed by atoms with Crippen molar-refractivity contribution in [2.24, 2.45) is 5.73 Å². The molecule has 0 bridgehead atoms. The molecule has 1 aromatic rings. The highest BCUT2D eigenvalue weighted by molar-refractivity contribution is 9.10. The number of carbonyl (C=O) groups excluding carboxylic acids is 2. The van der Waals surface area contributed by atoms with Crippen molar-refractivity contribution >= 4 is 39.5 Å². The van der Waals surface area contributed by atoms with Crippen molar-refractivity contribution in [3.8, 4) is 5.75 Å². The van der Waals surface area contributed by atoms with Crippen molar-refractivity contribution in [2.45, 2.75) is 12.5 Å². The van der Waals surface area contributed by atoms with E-state index in [2.05, 4.69) is 26.6 Å². The quantitative estimate of drug-likeness (QED) is 0.599. The summed E-state index contributed by atoms with van der Waals surface area (Å²) >= 11 is 3.25. The number of carboxylic acids is 1. The lowest BCUT2D eigenvalue weighted by Crippen LogP contribution is -2.45. The third kappa shape index (κ3) is 5.30. The van der Waals surface area contributed by atoms with Gasteiger partial charge in [-0.15, -0.1) is 0 Å². The van der Waals surface area contributed by atoms with E-state index in [-0.39, 0.29) is 0 Å². The molecule has 1 aromatic carbocycles. The molecule has 0 heterocycles. The van der Waals surface area contributed by atoms with Crippen molar-refractivity contribution in [1.82, 2.24) is 5.32 Å². The maximum atomic E-state index is 11.7. The highest BCUT2D eigenvalue weighted by Gasteiger charge is 2.22. The molecular formula is C12H14BrN3O5. The lowest BCUT2D eigenvalue weighted by molar-refractivity contribution is -0.140.